The molecule has 29 heavy (non-hydrogen) atoms. The molecule has 3 aromatic rings. The maximum Gasteiger partial charge on any atom is 0.240 e. The van der Waals surface area contributed by atoms with Crippen molar-refractivity contribution in [3.8, 4) is 0 Å². The van der Waals surface area contributed by atoms with Crippen LogP contribution >= 0.6 is 11.3 Å². The molecule has 1 saturated carbocycles. The van der Waals surface area contributed by atoms with Crippen molar-refractivity contribution in [1.82, 2.24) is 20.0 Å². The summed E-state index contributed by atoms with van der Waals surface area (Å²) in [5.41, 5.74) is 3.62. The van der Waals surface area contributed by atoms with E-state index in [1.54, 1.807) is 11.3 Å². The van der Waals surface area contributed by atoms with Gasteiger partial charge in [0.1, 0.15) is 0 Å². The van der Waals surface area contributed by atoms with E-state index in [1.165, 1.54) is 28.8 Å². The summed E-state index contributed by atoms with van der Waals surface area (Å²) in [5.74, 6) is 1.52. The number of rotatable bonds is 6. The average Bonchev–Trinajstić information content (AvgIpc) is 3.42. The second-order valence-corrected chi connectivity index (χ2v) is 9.84. The van der Waals surface area contributed by atoms with Crippen LogP contribution < -0.4 is 0 Å². The van der Waals surface area contributed by atoms with E-state index in [1.807, 2.05) is 0 Å². The van der Waals surface area contributed by atoms with Crippen LogP contribution in [0.2, 0.25) is 0 Å². The highest BCUT2D eigenvalue weighted by molar-refractivity contribution is 7.11. The van der Waals surface area contributed by atoms with Gasteiger partial charge in [-0.2, -0.15) is 4.98 Å². The predicted octanol–water partition coefficient (Wildman–Crippen LogP) is 5.50. The molecule has 0 N–H and O–H groups in total. The topological polar surface area (TPSA) is 55.1 Å². The first-order chi connectivity index (χ1) is 13.9. The van der Waals surface area contributed by atoms with Crippen LogP contribution in [0.3, 0.4) is 0 Å². The highest BCUT2D eigenvalue weighted by Gasteiger charge is 2.41. The Morgan fingerprint density at radius 1 is 1.10 bits per heavy atom. The number of aryl methyl sites for hydroxylation is 3. The Kier molecular flexibility index (Phi) is 5.58. The number of nitrogens with zero attached hydrogens (tertiary/aromatic N) is 4. The van der Waals surface area contributed by atoms with Crippen LogP contribution in [-0.2, 0) is 12.0 Å². The predicted molar refractivity (Wildman–Crippen MR) is 116 cm³/mol. The van der Waals surface area contributed by atoms with Gasteiger partial charge < -0.3 is 4.52 Å². The Balaban J connectivity index is 1.55. The zero-order valence-electron chi connectivity index (χ0n) is 18.0. The molecule has 1 atom stereocenters. The Morgan fingerprint density at radius 2 is 1.79 bits per heavy atom. The van der Waals surface area contributed by atoms with E-state index in [4.69, 9.17) is 14.5 Å². The fourth-order valence-corrected chi connectivity index (χ4v) is 5.41. The molecule has 0 amide bonds. The number of hydrogen-bond acceptors (Lipinski definition) is 6. The lowest BCUT2D eigenvalue weighted by molar-refractivity contribution is 0.213. The third kappa shape index (κ3) is 3.88. The normalized spacial score (nSPS) is 17.2. The summed E-state index contributed by atoms with van der Waals surface area (Å²) in [6, 6.07) is 9.04. The molecule has 154 valence electrons. The van der Waals surface area contributed by atoms with Gasteiger partial charge in [-0.25, -0.2) is 4.98 Å². The third-order valence-electron chi connectivity index (χ3n) is 6.34. The Bertz CT molecular complexity index is 969. The summed E-state index contributed by atoms with van der Waals surface area (Å²) in [5, 5.41) is 5.56. The van der Waals surface area contributed by atoms with Gasteiger partial charge in [-0.3, -0.25) is 4.90 Å². The van der Waals surface area contributed by atoms with E-state index >= 15 is 0 Å². The van der Waals surface area contributed by atoms with Crippen molar-refractivity contribution in [1.29, 1.82) is 0 Å². The second-order valence-electron chi connectivity index (χ2n) is 8.43. The largest absolute Gasteiger partial charge is 0.338 e. The number of aromatic nitrogens is 3. The Hall–Kier alpha value is -2.05. The van der Waals surface area contributed by atoms with E-state index in [0.29, 0.717) is 12.4 Å². The first-order valence-electron chi connectivity index (χ1n) is 10.4. The maximum atomic E-state index is 5.72. The summed E-state index contributed by atoms with van der Waals surface area (Å²) < 4.78 is 5.72. The summed E-state index contributed by atoms with van der Waals surface area (Å²) in [4.78, 5) is 13.1. The summed E-state index contributed by atoms with van der Waals surface area (Å²) in [6.07, 6.45) is 4.57. The minimum atomic E-state index is -0.109. The van der Waals surface area contributed by atoms with Crippen LogP contribution in [0.5, 0.6) is 0 Å². The third-order valence-corrected chi connectivity index (χ3v) is 7.24. The minimum Gasteiger partial charge on any atom is -0.338 e. The number of thiazole rings is 1. The van der Waals surface area contributed by atoms with Gasteiger partial charge in [0.2, 0.25) is 5.89 Å². The van der Waals surface area contributed by atoms with Gasteiger partial charge in [0.25, 0.3) is 0 Å². The Labute approximate surface area is 177 Å². The van der Waals surface area contributed by atoms with Crippen LogP contribution in [-0.4, -0.2) is 27.1 Å². The van der Waals surface area contributed by atoms with Crippen molar-refractivity contribution >= 4 is 11.3 Å². The van der Waals surface area contributed by atoms with Crippen molar-refractivity contribution in [2.75, 3.05) is 7.05 Å². The molecule has 4 rings (SSSR count). The van der Waals surface area contributed by atoms with Gasteiger partial charge >= 0.3 is 0 Å². The molecule has 6 heteroatoms. The van der Waals surface area contributed by atoms with E-state index in [2.05, 4.69) is 69.1 Å². The summed E-state index contributed by atoms with van der Waals surface area (Å²) in [6.45, 7) is 9.13. The zero-order chi connectivity index (χ0) is 20.6. The van der Waals surface area contributed by atoms with Gasteiger partial charge in [-0.1, -0.05) is 47.8 Å². The van der Waals surface area contributed by atoms with Crippen LogP contribution in [0.25, 0.3) is 0 Å². The highest BCUT2D eigenvalue weighted by Crippen LogP contribution is 2.45. The Morgan fingerprint density at radius 3 is 2.41 bits per heavy atom. The molecule has 2 heterocycles. The summed E-state index contributed by atoms with van der Waals surface area (Å²) >= 11 is 1.75. The molecule has 2 aromatic heterocycles. The van der Waals surface area contributed by atoms with Gasteiger partial charge in [-0.15, -0.1) is 11.3 Å². The van der Waals surface area contributed by atoms with Crippen molar-refractivity contribution in [2.24, 2.45) is 0 Å². The van der Waals surface area contributed by atoms with Crippen LogP contribution in [0.1, 0.15) is 77.1 Å². The molecule has 1 aromatic carbocycles. The lowest BCUT2D eigenvalue weighted by Gasteiger charge is -2.26. The van der Waals surface area contributed by atoms with Crippen molar-refractivity contribution in [3.05, 3.63) is 62.7 Å². The minimum absolute atomic E-state index is 0.109. The van der Waals surface area contributed by atoms with Crippen LogP contribution in [0.4, 0.5) is 0 Å². The molecular formula is C23H30N4OS. The zero-order valence-corrected chi connectivity index (χ0v) is 18.8. The number of benzene rings is 1. The molecular weight excluding hydrogens is 380 g/mol. The first kappa shape index (κ1) is 20.2. The first-order valence-corrected chi connectivity index (χ1v) is 11.2. The quantitative estimate of drug-likeness (QED) is 0.537. The van der Waals surface area contributed by atoms with Crippen molar-refractivity contribution < 1.29 is 4.52 Å². The molecule has 0 saturated heterocycles. The molecule has 0 radical (unpaired) electrons. The second kappa shape index (κ2) is 8.00. The monoisotopic (exact) mass is 410 g/mol. The molecule has 1 aliphatic carbocycles. The summed E-state index contributed by atoms with van der Waals surface area (Å²) in [7, 11) is 2.09. The van der Waals surface area contributed by atoms with Gasteiger partial charge in [0, 0.05) is 4.88 Å². The van der Waals surface area contributed by atoms with Gasteiger partial charge in [-0.05, 0) is 53.1 Å². The highest BCUT2D eigenvalue weighted by atomic mass is 32.1. The van der Waals surface area contributed by atoms with E-state index < -0.39 is 0 Å². The van der Waals surface area contributed by atoms with Gasteiger partial charge in [0.15, 0.2) is 5.82 Å². The molecule has 1 aliphatic rings. The number of hydrogen-bond donors (Lipinski definition) is 0. The van der Waals surface area contributed by atoms with E-state index in [-0.39, 0.29) is 11.5 Å². The standard InChI is InChI=1S/C23H30N4OS/c1-15-8-10-19(11-9-15)23(12-6-7-13-23)22-25-20(28-26-22)14-27(5)16(2)21-17(3)29-18(4)24-21/h8-11,16H,6-7,12-14H2,1-5H3/t16-/m1/s1. The fraction of sp³-hybridized carbons (Fsp3) is 0.522. The van der Waals surface area contributed by atoms with Crippen LogP contribution in [0, 0.1) is 20.8 Å². The van der Waals surface area contributed by atoms with Crippen molar-refractivity contribution in [2.45, 2.75) is 71.4 Å². The smallest absolute Gasteiger partial charge is 0.240 e. The fourth-order valence-electron chi connectivity index (χ4n) is 4.50. The SMILES string of the molecule is Cc1ccc(C2(c3noc(CN(C)[C@H](C)c4nc(C)sc4C)n3)CCCC2)cc1. The van der Waals surface area contributed by atoms with Crippen LogP contribution in [0.15, 0.2) is 28.8 Å². The molecule has 0 aliphatic heterocycles. The van der Waals surface area contributed by atoms with Crippen molar-refractivity contribution in [3.63, 3.8) is 0 Å². The molecule has 0 bridgehead atoms. The lowest BCUT2D eigenvalue weighted by atomic mass is 9.78. The average molecular weight is 411 g/mol. The van der Waals surface area contributed by atoms with Gasteiger partial charge in [0.05, 0.1) is 28.7 Å². The molecule has 0 spiro atoms. The maximum absolute atomic E-state index is 5.72. The molecule has 0 unspecified atom stereocenters. The van der Waals surface area contributed by atoms with E-state index in [9.17, 15) is 0 Å². The lowest BCUT2D eigenvalue weighted by Crippen LogP contribution is -2.26. The van der Waals surface area contributed by atoms with E-state index in [0.717, 1.165) is 29.4 Å². The molecule has 5 nitrogen and oxygen atoms in total. The molecule has 1 fully saturated rings.